The van der Waals surface area contributed by atoms with Crippen LogP contribution in [0.25, 0.3) is 5.70 Å². The molecule has 4 nitrogen and oxygen atoms in total. The lowest BCUT2D eigenvalue weighted by Gasteiger charge is -2.13. The SMILES string of the molecule is Cc1ccccc1CN/C(=C\C(=N)CO)c1cccc(O)c1. The molecule has 0 atom stereocenters. The van der Waals surface area contributed by atoms with Gasteiger partial charge in [0.15, 0.2) is 0 Å². The fraction of sp³-hybridized carbons (Fsp3) is 0.167. The van der Waals surface area contributed by atoms with Gasteiger partial charge in [0, 0.05) is 17.8 Å². The summed E-state index contributed by atoms with van der Waals surface area (Å²) in [7, 11) is 0. The van der Waals surface area contributed by atoms with Gasteiger partial charge in [0.1, 0.15) is 5.75 Å². The molecule has 0 amide bonds. The largest absolute Gasteiger partial charge is 0.508 e. The van der Waals surface area contributed by atoms with Crippen LogP contribution in [0.1, 0.15) is 16.7 Å². The maximum absolute atomic E-state index is 9.62. The molecule has 0 radical (unpaired) electrons. The van der Waals surface area contributed by atoms with Crippen LogP contribution < -0.4 is 5.32 Å². The summed E-state index contributed by atoms with van der Waals surface area (Å²) in [5, 5.41) is 29.6. The zero-order valence-corrected chi connectivity index (χ0v) is 12.5. The first-order chi connectivity index (χ1) is 10.6. The number of hydrogen-bond donors (Lipinski definition) is 4. The average molecular weight is 296 g/mol. The van der Waals surface area contributed by atoms with E-state index in [1.807, 2.05) is 37.3 Å². The van der Waals surface area contributed by atoms with Crippen LogP contribution in [0.3, 0.4) is 0 Å². The van der Waals surface area contributed by atoms with Gasteiger partial charge in [-0.2, -0.15) is 0 Å². The molecule has 0 aliphatic rings. The first kappa shape index (κ1) is 15.8. The van der Waals surface area contributed by atoms with E-state index in [4.69, 9.17) is 10.5 Å². The van der Waals surface area contributed by atoms with Gasteiger partial charge in [-0.1, -0.05) is 36.4 Å². The number of phenolic OH excluding ortho intramolecular Hbond substituents is 1. The fourth-order valence-electron chi connectivity index (χ4n) is 2.13. The molecule has 0 unspecified atom stereocenters. The minimum atomic E-state index is -0.325. The van der Waals surface area contributed by atoms with Gasteiger partial charge in [-0.3, -0.25) is 0 Å². The molecule has 0 saturated carbocycles. The molecule has 22 heavy (non-hydrogen) atoms. The molecule has 0 aliphatic heterocycles. The molecule has 114 valence electrons. The van der Waals surface area contributed by atoms with Gasteiger partial charge in [0.25, 0.3) is 0 Å². The van der Waals surface area contributed by atoms with E-state index in [-0.39, 0.29) is 18.1 Å². The second-order valence-electron chi connectivity index (χ2n) is 5.07. The summed E-state index contributed by atoms with van der Waals surface area (Å²) in [6.45, 7) is 2.33. The van der Waals surface area contributed by atoms with Crippen LogP contribution in [0.5, 0.6) is 5.75 Å². The van der Waals surface area contributed by atoms with Crippen molar-refractivity contribution in [1.82, 2.24) is 5.32 Å². The number of rotatable bonds is 6. The van der Waals surface area contributed by atoms with Crippen LogP contribution in [-0.4, -0.2) is 22.5 Å². The van der Waals surface area contributed by atoms with E-state index in [1.165, 1.54) is 5.56 Å². The van der Waals surface area contributed by atoms with Crippen molar-refractivity contribution in [3.05, 3.63) is 71.3 Å². The molecule has 0 saturated heterocycles. The zero-order valence-electron chi connectivity index (χ0n) is 12.5. The molecule has 0 bridgehead atoms. The Hall–Kier alpha value is -2.59. The van der Waals surface area contributed by atoms with E-state index in [1.54, 1.807) is 24.3 Å². The number of nitrogens with one attached hydrogen (secondary N) is 2. The molecule has 0 aromatic heterocycles. The molecule has 2 rings (SSSR count). The van der Waals surface area contributed by atoms with Crippen molar-refractivity contribution < 1.29 is 10.2 Å². The first-order valence-electron chi connectivity index (χ1n) is 7.08. The predicted molar refractivity (Wildman–Crippen MR) is 88.9 cm³/mol. The van der Waals surface area contributed by atoms with Gasteiger partial charge in [0.05, 0.1) is 12.3 Å². The normalized spacial score (nSPS) is 11.3. The van der Waals surface area contributed by atoms with Gasteiger partial charge in [0.2, 0.25) is 0 Å². The van der Waals surface area contributed by atoms with E-state index in [9.17, 15) is 5.11 Å². The fourth-order valence-corrected chi connectivity index (χ4v) is 2.13. The van der Waals surface area contributed by atoms with E-state index >= 15 is 0 Å². The number of aryl methyl sites for hydroxylation is 1. The minimum absolute atomic E-state index is 0.107. The van der Waals surface area contributed by atoms with Crippen molar-refractivity contribution in [3.63, 3.8) is 0 Å². The Morgan fingerprint density at radius 2 is 1.95 bits per heavy atom. The molecule has 0 heterocycles. The molecule has 2 aromatic carbocycles. The topological polar surface area (TPSA) is 76.3 Å². The van der Waals surface area contributed by atoms with Gasteiger partial charge in [-0.05, 0) is 36.3 Å². The zero-order chi connectivity index (χ0) is 15.9. The van der Waals surface area contributed by atoms with Gasteiger partial charge < -0.3 is 20.9 Å². The Morgan fingerprint density at radius 3 is 2.64 bits per heavy atom. The molecule has 4 heteroatoms. The monoisotopic (exact) mass is 296 g/mol. The summed E-state index contributed by atoms with van der Waals surface area (Å²) in [5.41, 5.74) is 3.91. The highest BCUT2D eigenvalue weighted by atomic mass is 16.3. The summed E-state index contributed by atoms with van der Waals surface area (Å²) in [4.78, 5) is 0. The van der Waals surface area contributed by atoms with Crippen molar-refractivity contribution >= 4 is 11.4 Å². The highest BCUT2D eigenvalue weighted by Gasteiger charge is 2.05. The van der Waals surface area contributed by atoms with Crippen LogP contribution in [0.15, 0.2) is 54.6 Å². The first-order valence-corrected chi connectivity index (χ1v) is 7.08. The van der Waals surface area contributed by atoms with Crippen LogP contribution in [0.2, 0.25) is 0 Å². The maximum atomic E-state index is 9.62. The van der Waals surface area contributed by atoms with Crippen molar-refractivity contribution in [2.45, 2.75) is 13.5 Å². The third-order valence-corrected chi connectivity index (χ3v) is 3.38. The van der Waals surface area contributed by atoms with E-state index in [2.05, 4.69) is 5.32 Å². The van der Waals surface area contributed by atoms with E-state index in [0.29, 0.717) is 12.2 Å². The van der Waals surface area contributed by atoms with Crippen LogP contribution in [-0.2, 0) is 6.54 Å². The van der Waals surface area contributed by atoms with Gasteiger partial charge in [-0.25, -0.2) is 0 Å². The van der Waals surface area contributed by atoms with E-state index < -0.39 is 0 Å². The van der Waals surface area contributed by atoms with Crippen LogP contribution >= 0.6 is 0 Å². The third kappa shape index (κ3) is 4.20. The van der Waals surface area contributed by atoms with Gasteiger partial charge >= 0.3 is 0 Å². The highest BCUT2D eigenvalue weighted by Crippen LogP contribution is 2.18. The van der Waals surface area contributed by atoms with Crippen molar-refractivity contribution in [1.29, 1.82) is 5.41 Å². The number of aromatic hydroxyl groups is 1. The molecule has 0 spiro atoms. The molecular formula is C18H20N2O2. The number of hydrogen-bond acceptors (Lipinski definition) is 4. The lowest BCUT2D eigenvalue weighted by Crippen LogP contribution is -2.14. The Morgan fingerprint density at radius 1 is 1.18 bits per heavy atom. The molecular weight excluding hydrogens is 276 g/mol. The van der Waals surface area contributed by atoms with Crippen molar-refractivity contribution in [2.24, 2.45) is 0 Å². The molecule has 4 N–H and O–H groups in total. The summed E-state index contributed by atoms with van der Waals surface area (Å²) in [6.07, 6.45) is 1.58. The lowest BCUT2D eigenvalue weighted by atomic mass is 10.1. The highest BCUT2D eigenvalue weighted by molar-refractivity contribution is 5.99. The maximum Gasteiger partial charge on any atom is 0.116 e. The summed E-state index contributed by atoms with van der Waals surface area (Å²) in [6, 6.07) is 14.9. The number of aliphatic hydroxyl groups excluding tert-OH is 1. The van der Waals surface area contributed by atoms with Crippen molar-refractivity contribution in [3.8, 4) is 5.75 Å². The van der Waals surface area contributed by atoms with Gasteiger partial charge in [-0.15, -0.1) is 0 Å². The van der Waals surface area contributed by atoms with E-state index in [0.717, 1.165) is 11.1 Å². The number of aliphatic hydroxyl groups is 1. The Labute approximate surface area is 130 Å². The standard InChI is InChI=1S/C18H20N2O2/c1-13-5-2-3-6-15(13)11-20-18(10-16(19)12-21)14-7-4-8-17(22)9-14/h2-10,19-22H,11-12H2,1H3/b18-10-,19-16?. The minimum Gasteiger partial charge on any atom is -0.508 e. The molecule has 0 fully saturated rings. The van der Waals surface area contributed by atoms with Crippen LogP contribution in [0, 0.1) is 12.3 Å². The second-order valence-corrected chi connectivity index (χ2v) is 5.07. The Balaban J connectivity index is 2.24. The molecule has 0 aliphatic carbocycles. The smallest absolute Gasteiger partial charge is 0.116 e. The predicted octanol–water partition coefficient (Wildman–Crippen LogP) is 2.84. The third-order valence-electron chi connectivity index (χ3n) is 3.38. The Kier molecular flexibility index (Phi) is 5.33. The second kappa shape index (κ2) is 7.43. The quantitative estimate of drug-likeness (QED) is 0.619. The number of benzene rings is 2. The summed E-state index contributed by atoms with van der Waals surface area (Å²) in [5.74, 6) is 0.164. The van der Waals surface area contributed by atoms with Crippen molar-refractivity contribution in [2.75, 3.05) is 6.61 Å². The van der Waals surface area contributed by atoms with Crippen LogP contribution in [0.4, 0.5) is 0 Å². The Bertz CT molecular complexity index is 693. The average Bonchev–Trinajstić information content (AvgIpc) is 2.52. The lowest BCUT2D eigenvalue weighted by molar-refractivity contribution is 0.357. The summed E-state index contributed by atoms with van der Waals surface area (Å²) < 4.78 is 0. The molecule has 2 aromatic rings. The number of phenols is 1. The summed E-state index contributed by atoms with van der Waals surface area (Å²) >= 11 is 0.